The molecular weight excluding hydrogens is 345 g/mol. The molecule has 1 saturated heterocycles. The van der Waals surface area contributed by atoms with Crippen molar-refractivity contribution in [1.29, 1.82) is 0 Å². The first kappa shape index (κ1) is 18.3. The van der Waals surface area contributed by atoms with Crippen LogP contribution in [0.4, 0.5) is 13.2 Å². The predicted octanol–water partition coefficient (Wildman–Crippen LogP) is 3.59. The maximum atomic E-state index is 12.3. The summed E-state index contributed by atoms with van der Waals surface area (Å²) >= 11 is 0. The molecule has 1 heterocycles. The van der Waals surface area contributed by atoms with Gasteiger partial charge in [0.1, 0.15) is 5.75 Å². The maximum absolute atomic E-state index is 12.3. The van der Waals surface area contributed by atoms with Crippen LogP contribution in [0.25, 0.3) is 0 Å². The van der Waals surface area contributed by atoms with Crippen LogP contribution in [0.15, 0.2) is 54.6 Å². The van der Waals surface area contributed by atoms with E-state index in [1.807, 2.05) is 18.2 Å². The molecule has 1 aliphatic rings. The lowest BCUT2D eigenvalue weighted by Gasteiger charge is -2.17. The number of hydrogen-bond donors (Lipinski definition) is 1. The fourth-order valence-electron chi connectivity index (χ4n) is 3.01. The number of halogens is 3. The highest BCUT2D eigenvalue weighted by atomic mass is 19.4. The van der Waals surface area contributed by atoms with Gasteiger partial charge in [-0.2, -0.15) is 0 Å². The van der Waals surface area contributed by atoms with Crippen molar-refractivity contribution in [3.8, 4) is 5.75 Å². The molecule has 1 unspecified atom stereocenters. The van der Waals surface area contributed by atoms with Gasteiger partial charge in [0.25, 0.3) is 5.91 Å². The number of amides is 1. The zero-order chi connectivity index (χ0) is 18.6. The van der Waals surface area contributed by atoms with Gasteiger partial charge in [-0.25, -0.2) is 0 Å². The van der Waals surface area contributed by atoms with Crippen LogP contribution in [0.3, 0.4) is 0 Å². The summed E-state index contributed by atoms with van der Waals surface area (Å²) in [7, 11) is 0. The second-order valence-corrected chi connectivity index (χ2v) is 6.25. The van der Waals surface area contributed by atoms with Gasteiger partial charge >= 0.3 is 6.36 Å². The number of rotatable bonds is 5. The van der Waals surface area contributed by atoms with Crippen molar-refractivity contribution in [3.05, 3.63) is 65.7 Å². The minimum Gasteiger partial charge on any atom is -0.406 e. The molecule has 1 aliphatic heterocycles. The molecule has 26 heavy (non-hydrogen) atoms. The first-order chi connectivity index (χ1) is 12.4. The van der Waals surface area contributed by atoms with Crippen molar-refractivity contribution >= 4 is 5.91 Å². The van der Waals surface area contributed by atoms with Gasteiger partial charge < -0.3 is 10.1 Å². The first-order valence-electron chi connectivity index (χ1n) is 8.32. The highest BCUT2D eigenvalue weighted by Gasteiger charge is 2.31. The molecule has 3 rings (SSSR count). The number of ether oxygens (including phenoxy) is 1. The Bertz CT molecular complexity index is 733. The largest absolute Gasteiger partial charge is 0.573 e. The fraction of sp³-hybridized carbons (Fsp3) is 0.316. The third-order valence-electron chi connectivity index (χ3n) is 4.21. The maximum Gasteiger partial charge on any atom is 0.573 e. The monoisotopic (exact) mass is 364 g/mol. The van der Waals surface area contributed by atoms with E-state index in [1.165, 1.54) is 17.7 Å². The van der Waals surface area contributed by atoms with Crippen molar-refractivity contribution in [2.24, 2.45) is 0 Å². The van der Waals surface area contributed by atoms with Crippen molar-refractivity contribution in [2.75, 3.05) is 13.1 Å². The van der Waals surface area contributed by atoms with Crippen LogP contribution in [0.2, 0.25) is 0 Å². The highest BCUT2D eigenvalue weighted by Crippen LogP contribution is 2.23. The second-order valence-electron chi connectivity index (χ2n) is 6.25. The summed E-state index contributed by atoms with van der Waals surface area (Å²) in [6.45, 7) is 2.46. The standard InChI is InChI=1S/C19H19F3N2O2/c20-19(21,22)26-17-8-6-15(7-9-17)18(25)23-16-10-11-24(13-16)12-14-4-2-1-3-5-14/h1-9,16H,10-13H2,(H,23,25). The molecule has 0 spiro atoms. The zero-order valence-corrected chi connectivity index (χ0v) is 14.0. The number of carbonyl (C=O) groups is 1. The molecule has 0 bridgehead atoms. The topological polar surface area (TPSA) is 41.6 Å². The summed E-state index contributed by atoms with van der Waals surface area (Å²) in [5.41, 5.74) is 1.53. The zero-order valence-electron chi connectivity index (χ0n) is 14.0. The summed E-state index contributed by atoms with van der Waals surface area (Å²) in [5.74, 6) is -0.640. The number of hydrogen-bond acceptors (Lipinski definition) is 3. The summed E-state index contributed by atoms with van der Waals surface area (Å²) in [5, 5.41) is 2.93. The normalized spacial score (nSPS) is 17.9. The van der Waals surface area contributed by atoms with Crippen molar-refractivity contribution in [2.45, 2.75) is 25.4 Å². The van der Waals surface area contributed by atoms with Gasteiger partial charge in [-0.1, -0.05) is 30.3 Å². The van der Waals surface area contributed by atoms with Crippen LogP contribution in [-0.2, 0) is 6.54 Å². The SMILES string of the molecule is O=C(NC1CCN(Cc2ccccc2)C1)c1ccc(OC(F)(F)F)cc1. The van der Waals surface area contributed by atoms with Crippen LogP contribution < -0.4 is 10.1 Å². The predicted molar refractivity (Wildman–Crippen MR) is 90.7 cm³/mol. The van der Waals surface area contributed by atoms with Gasteiger partial charge in [-0.05, 0) is 36.2 Å². The average molecular weight is 364 g/mol. The molecule has 1 N–H and O–H groups in total. The Kier molecular flexibility index (Phi) is 5.46. The van der Waals surface area contributed by atoms with Crippen molar-refractivity contribution < 1.29 is 22.7 Å². The van der Waals surface area contributed by atoms with Crippen LogP contribution in [0.1, 0.15) is 22.3 Å². The number of carbonyl (C=O) groups excluding carboxylic acids is 1. The summed E-state index contributed by atoms with van der Waals surface area (Å²) < 4.78 is 40.3. The number of alkyl halides is 3. The van der Waals surface area contributed by atoms with Crippen molar-refractivity contribution in [3.63, 3.8) is 0 Å². The van der Waals surface area contributed by atoms with Crippen LogP contribution in [-0.4, -0.2) is 36.3 Å². The van der Waals surface area contributed by atoms with Crippen LogP contribution in [0.5, 0.6) is 5.75 Å². The molecule has 138 valence electrons. The summed E-state index contributed by atoms with van der Waals surface area (Å²) in [4.78, 5) is 14.5. The number of likely N-dealkylation sites (tertiary alicyclic amines) is 1. The molecule has 7 heteroatoms. The third-order valence-corrected chi connectivity index (χ3v) is 4.21. The number of benzene rings is 2. The first-order valence-corrected chi connectivity index (χ1v) is 8.32. The molecule has 0 radical (unpaired) electrons. The van der Waals surface area contributed by atoms with E-state index in [-0.39, 0.29) is 17.7 Å². The third kappa shape index (κ3) is 5.23. The average Bonchev–Trinajstić information content (AvgIpc) is 3.02. The summed E-state index contributed by atoms with van der Waals surface area (Å²) in [6.07, 6.45) is -3.90. The minimum absolute atomic E-state index is 0.0253. The van der Waals surface area contributed by atoms with Gasteiger partial charge in [0.2, 0.25) is 0 Å². The molecule has 2 aromatic carbocycles. The van der Waals surface area contributed by atoms with E-state index in [4.69, 9.17) is 0 Å². The van der Waals surface area contributed by atoms with Crippen molar-refractivity contribution in [1.82, 2.24) is 10.2 Å². The summed E-state index contributed by atoms with van der Waals surface area (Å²) in [6, 6.07) is 15.1. The minimum atomic E-state index is -4.74. The molecule has 1 atom stereocenters. The van der Waals surface area contributed by atoms with Gasteiger partial charge in [0, 0.05) is 31.2 Å². The van der Waals surface area contributed by atoms with Crippen LogP contribution in [0, 0.1) is 0 Å². The van der Waals surface area contributed by atoms with E-state index in [1.54, 1.807) is 0 Å². The van der Waals surface area contributed by atoms with E-state index >= 15 is 0 Å². The van der Waals surface area contributed by atoms with Gasteiger partial charge in [-0.3, -0.25) is 9.69 Å². The Morgan fingerprint density at radius 1 is 1.12 bits per heavy atom. The van der Waals surface area contributed by atoms with E-state index in [0.29, 0.717) is 5.56 Å². The van der Waals surface area contributed by atoms with Gasteiger partial charge in [0.15, 0.2) is 0 Å². The van der Waals surface area contributed by atoms with E-state index in [9.17, 15) is 18.0 Å². The lowest BCUT2D eigenvalue weighted by atomic mass is 10.2. The smallest absolute Gasteiger partial charge is 0.406 e. The van der Waals surface area contributed by atoms with E-state index < -0.39 is 6.36 Å². The quantitative estimate of drug-likeness (QED) is 0.882. The van der Waals surface area contributed by atoms with E-state index in [0.717, 1.165) is 38.2 Å². The second kappa shape index (κ2) is 7.78. The highest BCUT2D eigenvalue weighted by molar-refractivity contribution is 5.94. The Morgan fingerprint density at radius 2 is 1.81 bits per heavy atom. The van der Waals surface area contributed by atoms with E-state index in [2.05, 4.69) is 27.1 Å². The lowest BCUT2D eigenvalue weighted by Crippen LogP contribution is -2.36. The Balaban J connectivity index is 1.50. The molecule has 2 aromatic rings. The van der Waals surface area contributed by atoms with Crippen LogP contribution >= 0.6 is 0 Å². The molecule has 0 saturated carbocycles. The molecule has 0 aliphatic carbocycles. The molecular formula is C19H19F3N2O2. The molecule has 4 nitrogen and oxygen atoms in total. The molecule has 1 fully saturated rings. The Hall–Kier alpha value is -2.54. The Morgan fingerprint density at radius 3 is 2.46 bits per heavy atom. The number of nitrogens with zero attached hydrogens (tertiary/aromatic N) is 1. The van der Waals surface area contributed by atoms with Gasteiger partial charge in [0.05, 0.1) is 0 Å². The lowest BCUT2D eigenvalue weighted by molar-refractivity contribution is -0.274. The van der Waals surface area contributed by atoms with Gasteiger partial charge in [-0.15, -0.1) is 13.2 Å². The Labute approximate surface area is 149 Å². The number of nitrogens with one attached hydrogen (secondary N) is 1. The fourth-order valence-corrected chi connectivity index (χ4v) is 3.01. The molecule has 0 aromatic heterocycles. The molecule has 1 amide bonds.